The van der Waals surface area contributed by atoms with Crippen LogP contribution in [0.3, 0.4) is 0 Å². The molecule has 0 radical (unpaired) electrons. The summed E-state index contributed by atoms with van der Waals surface area (Å²) in [5.74, 6) is -0.214. The van der Waals surface area contributed by atoms with Gasteiger partial charge in [-0.25, -0.2) is 4.39 Å². The molecule has 2 unspecified atom stereocenters. The average molecular weight is 266 g/mol. The molecular formula is C15H23FN2O. The summed E-state index contributed by atoms with van der Waals surface area (Å²) < 4.78 is 19.0. The third kappa shape index (κ3) is 3.14. The third-order valence-electron chi connectivity index (χ3n) is 3.73. The Bertz CT molecular complexity index is 434. The van der Waals surface area contributed by atoms with Gasteiger partial charge in [-0.3, -0.25) is 4.90 Å². The summed E-state index contributed by atoms with van der Waals surface area (Å²) in [5.41, 5.74) is 7.01. The number of benzene rings is 1. The highest BCUT2D eigenvalue weighted by Crippen LogP contribution is 2.32. The Morgan fingerprint density at radius 3 is 2.74 bits per heavy atom. The Morgan fingerprint density at radius 2 is 2.16 bits per heavy atom. The van der Waals surface area contributed by atoms with Crippen molar-refractivity contribution in [3.63, 3.8) is 0 Å². The molecule has 1 aromatic carbocycles. The van der Waals surface area contributed by atoms with E-state index in [1.807, 2.05) is 13.0 Å². The molecule has 0 aromatic heterocycles. The number of morpholine rings is 1. The summed E-state index contributed by atoms with van der Waals surface area (Å²) in [6.07, 6.45) is 0. The van der Waals surface area contributed by atoms with Crippen LogP contribution in [0.25, 0.3) is 0 Å². The molecule has 1 saturated heterocycles. The van der Waals surface area contributed by atoms with Gasteiger partial charge in [-0.2, -0.15) is 0 Å². The maximum atomic E-state index is 13.5. The molecule has 19 heavy (non-hydrogen) atoms. The largest absolute Gasteiger partial charge is 0.378 e. The number of nitrogens with two attached hydrogens (primary N) is 1. The topological polar surface area (TPSA) is 38.5 Å². The average Bonchev–Trinajstić information content (AvgIpc) is 2.31. The van der Waals surface area contributed by atoms with Crippen LogP contribution >= 0.6 is 0 Å². The molecule has 2 rings (SSSR count). The molecule has 0 spiro atoms. The highest BCUT2D eigenvalue weighted by molar-refractivity contribution is 5.22. The predicted octanol–water partition coefficient (Wildman–Crippen LogP) is 2.32. The van der Waals surface area contributed by atoms with Crippen molar-refractivity contribution in [2.75, 3.05) is 19.8 Å². The third-order valence-corrected chi connectivity index (χ3v) is 3.73. The van der Waals surface area contributed by atoms with Gasteiger partial charge in [-0.1, -0.05) is 12.1 Å². The quantitative estimate of drug-likeness (QED) is 0.912. The van der Waals surface area contributed by atoms with E-state index >= 15 is 0 Å². The Morgan fingerprint density at radius 1 is 1.42 bits per heavy atom. The Kier molecular flexibility index (Phi) is 4.23. The maximum absolute atomic E-state index is 13.5. The van der Waals surface area contributed by atoms with E-state index < -0.39 is 0 Å². The van der Waals surface area contributed by atoms with Crippen molar-refractivity contribution in [2.45, 2.75) is 38.4 Å². The van der Waals surface area contributed by atoms with Crippen LogP contribution in [-0.2, 0) is 4.74 Å². The van der Waals surface area contributed by atoms with Crippen molar-refractivity contribution in [1.82, 2.24) is 4.90 Å². The Hall–Kier alpha value is -0.970. The molecule has 106 valence electrons. The summed E-state index contributed by atoms with van der Waals surface area (Å²) in [6.45, 7) is 8.44. The van der Waals surface area contributed by atoms with E-state index in [-0.39, 0.29) is 23.4 Å². The van der Waals surface area contributed by atoms with Gasteiger partial charge in [0.05, 0.1) is 19.3 Å². The van der Waals surface area contributed by atoms with Crippen LogP contribution < -0.4 is 5.73 Å². The lowest BCUT2D eigenvalue weighted by Gasteiger charge is -2.48. The molecule has 3 nitrogen and oxygen atoms in total. The number of hydrogen-bond acceptors (Lipinski definition) is 3. The first-order valence-corrected chi connectivity index (χ1v) is 6.77. The van der Waals surface area contributed by atoms with Gasteiger partial charge >= 0.3 is 0 Å². The van der Waals surface area contributed by atoms with E-state index in [0.717, 1.165) is 12.1 Å². The van der Waals surface area contributed by atoms with Gasteiger partial charge < -0.3 is 10.5 Å². The van der Waals surface area contributed by atoms with Crippen molar-refractivity contribution >= 4 is 0 Å². The summed E-state index contributed by atoms with van der Waals surface area (Å²) in [5, 5.41) is 0. The first-order chi connectivity index (χ1) is 8.92. The second-order valence-electron chi connectivity index (χ2n) is 5.92. The van der Waals surface area contributed by atoms with Crippen LogP contribution in [0.2, 0.25) is 0 Å². The van der Waals surface area contributed by atoms with Crippen molar-refractivity contribution in [1.29, 1.82) is 0 Å². The van der Waals surface area contributed by atoms with Crippen LogP contribution in [0, 0.1) is 5.82 Å². The van der Waals surface area contributed by atoms with Crippen molar-refractivity contribution in [3.8, 4) is 0 Å². The second kappa shape index (κ2) is 5.57. The molecule has 1 aromatic rings. The number of halogens is 1. The van der Waals surface area contributed by atoms with E-state index in [1.54, 1.807) is 12.1 Å². The fourth-order valence-corrected chi connectivity index (χ4v) is 2.84. The minimum absolute atomic E-state index is 0.00889. The fraction of sp³-hybridized carbons (Fsp3) is 0.600. The Balaban J connectivity index is 2.34. The van der Waals surface area contributed by atoms with Crippen LogP contribution in [0.15, 0.2) is 24.3 Å². The summed E-state index contributed by atoms with van der Waals surface area (Å²) in [7, 11) is 0. The van der Waals surface area contributed by atoms with Crippen LogP contribution in [-0.4, -0.2) is 36.2 Å². The standard InChI is InChI=1S/C15H23FN2O/c1-11(17)14(12-5-4-6-13(16)9-12)18-7-8-19-10-15(18,2)3/h4-6,9,11,14H,7-8,10,17H2,1-3H3. The molecule has 0 amide bonds. The van der Waals surface area contributed by atoms with E-state index in [2.05, 4.69) is 18.7 Å². The van der Waals surface area contributed by atoms with Gasteiger partial charge in [-0.05, 0) is 38.5 Å². The van der Waals surface area contributed by atoms with Gasteiger partial charge in [0, 0.05) is 18.1 Å². The lowest BCUT2D eigenvalue weighted by atomic mass is 9.92. The molecule has 0 bridgehead atoms. The lowest BCUT2D eigenvalue weighted by Crippen LogP contribution is -2.57. The van der Waals surface area contributed by atoms with Gasteiger partial charge in [0.2, 0.25) is 0 Å². The number of nitrogens with zero attached hydrogens (tertiary/aromatic N) is 1. The monoisotopic (exact) mass is 266 g/mol. The van der Waals surface area contributed by atoms with Crippen molar-refractivity contribution in [3.05, 3.63) is 35.6 Å². The maximum Gasteiger partial charge on any atom is 0.123 e. The summed E-state index contributed by atoms with van der Waals surface area (Å²) in [6, 6.07) is 6.68. The van der Waals surface area contributed by atoms with E-state index in [9.17, 15) is 4.39 Å². The molecule has 1 fully saturated rings. The summed E-state index contributed by atoms with van der Waals surface area (Å²) in [4.78, 5) is 2.33. The minimum Gasteiger partial charge on any atom is -0.378 e. The smallest absolute Gasteiger partial charge is 0.123 e. The molecule has 1 aliphatic rings. The molecule has 2 N–H and O–H groups in total. The highest BCUT2D eigenvalue weighted by atomic mass is 19.1. The predicted molar refractivity (Wildman–Crippen MR) is 74.4 cm³/mol. The van der Waals surface area contributed by atoms with Crippen molar-refractivity contribution in [2.24, 2.45) is 5.73 Å². The SMILES string of the molecule is CC(N)C(c1cccc(F)c1)N1CCOCC1(C)C. The zero-order chi connectivity index (χ0) is 14.0. The zero-order valence-corrected chi connectivity index (χ0v) is 11.9. The van der Waals surface area contributed by atoms with Gasteiger partial charge in [0.1, 0.15) is 5.82 Å². The van der Waals surface area contributed by atoms with E-state index in [0.29, 0.717) is 13.2 Å². The molecule has 1 heterocycles. The van der Waals surface area contributed by atoms with Gasteiger partial charge in [0.15, 0.2) is 0 Å². The zero-order valence-electron chi connectivity index (χ0n) is 11.9. The van der Waals surface area contributed by atoms with E-state index in [1.165, 1.54) is 6.07 Å². The molecule has 4 heteroatoms. The highest BCUT2D eigenvalue weighted by Gasteiger charge is 2.37. The Labute approximate surface area is 114 Å². The minimum atomic E-state index is -0.214. The molecular weight excluding hydrogens is 243 g/mol. The molecule has 0 aliphatic carbocycles. The van der Waals surface area contributed by atoms with Crippen LogP contribution in [0.4, 0.5) is 4.39 Å². The van der Waals surface area contributed by atoms with E-state index in [4.69, 9.17) is 10.5 Å². The normalized spacial score (nSPS) is 23.0. The second-order valence-corrected chi connectivity index (χ2v) is 5.92. The summed E-state index contributed by atoms with van der Waals surface area (Å²) >= 11 is 0. The van der Waals surface area contributed by atoms with Gasteiger partial charge in [0.25, 0.3) is 0 Å². The fourth-order valence-electron chi connectivity index (χ4n) is 2.84. The first kappa shape index (κ1) is 14.4. The molecule has 0 saturated carbocycles. The number of ether oxygens (including phenoxy) is 1. The first-order valence-electron chi connectivity index (χ1n) is 6.77. The van der Waals surface area contributed by atoms with Crippen LogP contribution in [0.5, 0.6) is 0 Å². The lowest BCUT2D eigenvalue weighted by molar-refractivity contribution is -0.0766. The van der Waals surface area contributed by atoms with Gasteiger partial charge in [-0.15, -0.1) is 0 Å². The molecule has 2 atom stereocenters. The number of rotatable bonds is 3. The van der Waals surface area contributed by atoms with Crippen LogP contribution in [0.1, 0.15) is 32.4 Å². The van der Waals surface area contributed by atoms with Crippen molar-refractivity contribution < 1.29 is 9.13 Å². The molecule has 1 aliphatic heterocycles. The number of hydrogen-bond donors (Lipinski definition) is 1.